The molecule has 0 fully saturated rings. The van der Waals surface area contributed by atoms with Crippen LogP contribution in [0.25, 0.3) is 0 Å². The topological polar surface area (TPSA) is 42.0 Å². The van der Waals surface area contributed by atoms with Crippen LogP contribution in [0.15, 0.2) is 53.1 Å². The molecule has 0 aliphatic heterocycles. The van der Waals surface area contributed by atoms with Gasteiger partial charge in [-0.1, -0.05) is 40.2 Å². The zero-order valence-corrected chi connectivity index (χ0v) is 14.2. The first-order valence-electron chi connectivity index (χ1n) is 6.68. The molecule has 1 aromatic heterocycles. The molecule has 21 heavy (non-hydrogen) atoms. The number of halogens is 1. The maximum Gasteiger partial charge on any atom is 0.230 e. The van der Waals surface area contributed by atoms with Gasteiger partial charge in [-0.25, -0.2) is 0 Å². The Morgan fingerprint density at radius 1 is 1.29 bits per heavy atom. The number of pyridine rings is 1. The van der Waals surface area contributed by atoms with Crippen molar-refractivity contribution in [3.8, 4) is 0 Å². The van der Waals surface area contributed by atoms with Crippen molar-refractivity contribution in [1.82, 2.24) is 10.3 Å². The average molecular weight is 365 g/mol. The van der Waals surface area contributed by atoms with Crippen molar-refractivity contribution in [2.24, 2.45) is 0 Å². The number of carbonyl (C=O) groups excluding carboxylic acids is 1. The van der Waals surface area contributed by atoms with Crippen molar-refractivity contribution in [3.05, 3.63) is 64.4 Å². The zero-order valence-electron chi connectivity index (χ0n) is 11.8. The Bertz CT molecular complexity index is 592. The molecule has 0 aliphatic rings. The molecule has 110 valence electrons. The highest BCUT2D eigenvalue weighted by atomic mass is 79.9. The van der Waals surface area contributed by atoms with Gasteiger partial charge in [-0.15, -0.1) is 11.8 Å². The van der Waals surface area contributed by atoms with Crippen molar-refractivity contribution in [3.63, 3.8) is 0 Å². The van der Waals surface area contributed by atoms with E-state index in [0.717, 1.165) is 21.5 Å². The van der Waals surface area contributed by atoms with Crippen LogP contribution in [0.2, 0.25) is 0 Å². The second kappa shape index (κ2) is 8.20. The molecule has 1 atom stereocenters. The minimum Gasteiger partial charge on any atom is -0.349 e. The van der Waals surface area contributed by atoms with E-state index in [0.29, 0.717) is 5.75 Å². The van der Waals surface area contributed by atoms with E-state index in [1.165, 1.54) is 0 Å². The van der Waals surface area contributed by atoms with Crippen LogP contribution in [-0.4, -0.2) is 16.6 Å². The number of carbonyl (C=O) groups is 1. The summed E-state index contributed by atoms with van der Waals surface area (Å²) >= 11 is 5.07. The number of aromatic nitrogens is 1. The van der Waals surface area contributed by atoms with E-state index in [1.54, 1.807) is 18.0 Å². The summed E-state index contributed by atoms with van der Waals surface area (Å²) in [7, 11) is 0. The fourth-order valence-electron chi connectivity index (χ4n) is 1.92. The molecule has 1 aromatic carbocycles. The average Bonchev–Trinajstić information content (AvgIpc) is 2.48. The Hall–Kier alpha value is -1.33. The van der Waals surface area contributed by atoms with Crippen LogP contribution in [0.3, 0.4) is 0 Å². The fourth-order valence-corrected chi connectivity index (χ4v) is 3.30. The molecule has 0 radical (unpaired) electrons. The Labute approximate surface area is 137 Å². The molecule has 0 bridgehead atoms. The van der Waals surface area contributed by atoms with Crippen LogP contribution in [0.5, 0.6) is 0 Å². The third-order valence-electron chi connectivity index (χ3n) is 2.96. The summed E-state index contributed by atoms with van der Waals surface area (Å²) in [5, 5.41) is 3.01. The fraction of sp³-hybridized carbons (Fsp3) is 0.250. The first kappa shape index (κ1) is 16.0. The monoisotopic (exact) mass is 364 g/mol. The van der Waals surface area contributed by atoms with E-state index >= 15 is 0 Å². The van der Waals surface area contributed by atoms with Crippen molar-refractivity contribution in [2.45, 2.75) is 18.7 Å². The molecule has 0 saturated carbocycles. The molecule has 2 aromatic rings. The van der Waals surface area contributed by atoms with Crippen molar-refractivity contribution < 1.29 is 4.79 Å². The summed E-state index contributed by atoms with van der Waals surface area (Å²) < 4.78 is 1.01. The van der Waals surface area contributed by atoms with Gasteiger partial charge in [0.05, 0.1) is 17.5 Å². The lowest BCUT2D eigenvalue weighted by Crippen LogP contribution is -2.28. The summed E-state index contributed by atoms with van der Waals surface area (Å²) in [5.74, 6) is 1.22. The van der Waals surface area contributed by atoms with Crippen LogP contribution in [0.1, 0.15) is 24.2 Å². The highest BCUT2D eigenvalue weighted by Gasteiger charge is 2.11. The largest absolute Gasteiger partial charge is 0.349 e. The summed E-state index contributed by atoms with van der Waals surface area (Å²) in [6.07, 6.45) is 1.77. The van der Waals surface area contributed by atoms with Crippen LogP contribution < -0.4 is 5.32 Å². The minimum absolute atomic E-state index is 0.0106. The van der Waals surface area contributed by atoms with Gasteiger partial charge in [0.1, 0.15) is 0 Å². The quantitative estimate of drug-likeness (QED) is 0.843. The van der Waals surface area contributed by atoms with E-state index in [4.69, 9.17) is 0 Å². The van der Waals surface area contributed by atoms with Gasteiger partial charge in [0.2, 0.25) is 5.91 Å². The van der Waals surface area contributed by atoms with Crippen LogP contribution in [-0.2, 0) is 10.5 Å². The molecule has 1 heterocycles. The maximum atomic E-state index is 12.0. The maximum absolute atomic E-state index is 12.0. The number of hydrogen-bond acceptors (Lipinski definition) is 3. The predicted molar refractivity (Wildman–Crippen MR) is 91.1 cm³/mol. The molecule has 0 spiro atoms. The standard InChI is InChI=1S/C16H17BrN2OS/c1-12(14-7-2-3-8-15(14)17)19-16(20)11-21-10-13-6-4-5-9-18-13/h2-9,12H,10-11H2,1H3,(H,19,20). The van der Waals surface area contributed by atoms with Gasteiger partial charge in [-0.3, -0.25) is 9.78 Å². The highest BCUT2D eigenvalue weighted by Crippen LogP contribution is 2.22. The van der Waals surface area contributed by atoms with Gasteiger partial charge in [0.25, 0.3) is 0 Å². The highest BCUT2D eigenvalue weighted by molar-refractivity contribution is 9.10. The lowest BCUT2D eigenvalue weighted by Gasteiger charge is -2.15. The first-order valence-corrected chi connectivity index (χ1v) is 8.63. The Kier molecular flexibility index (Phi) is 6.26. The molecule has 2 rings (SSSR count). The second-order valence-corrected chi connectivity index (χ2v) is 6.46. The number of hydrogen-bond donors (Lipinski definition) is 1. The lowest BCUT2D eigenvalue weighted by atomic mass is 10.1. The number of rotatable bonds is 6. The zero-order chi connectivity index (χ0) is 15.1. The number of thioether (sulfide) groups is 1. The number of amides is 1. The predicted octanol–water partition coefficient (Wildman–Crippen LogP) is 3.95. The SMILES string of the molecule is CC(NC(=O)CSCc1ccccn1)c1ccccc1Br. The Balaban J connectivity index is 1.78. The summed E-state index contributed by atoms with van der Waals surface area (Å²) in [6, 6.07) is 13.7. The van der Waals surface area contributed by atoms with Crippen LogP contribution in [0, 0.1) is 0 Å². The van der Waals surface area contributed by atoms with E-state index in [-0.39, 0.29) is 11.9 Å². The van der Waals surface area contributed by atoms with Gasteiger partial charge < -0.3 is 5.32 Å². The van der Waals surface area contributed by atoms with E-state index in [1.807, 2.05) is 49.4 Å². The molecule has 1 amide bonds. The number of nitrogens with zero attached hydrogens (tertiary/aromatic N) is 1. The lowest BCUT2D eigenvalue weighted by molar-refractivity contribution is -0.119. The third kappa shape index (κ3) is 5.17. The van der Waals surface area contributed by atoms with Gasteiger partial charge in [0.15, 0.2) is 0 Å². The van der Waals surface area contributed by atoms with Gasteiger partial charge in [-0.2, -0.15) is 0 Å². The number of nitrogens with one attached hydrogen (secondary N) is 1. The second-order valence-electron chi connectivity index (χ2n) is 4.62. The van der Waals surface area contributed by atoms with Crippen LogP contribution >= 0.6 is 27.7 Å². The molecule has 0 saturated heterocycles. The summed E-state index contributed by atoms with van der Waals surface area (Å²) in [6.45, 7) is 1.99. The van der Waals surface area contributed by atoms with Crippen molar-refractivity contribution in [1.29, 1.82) is 0 Å². The Morgan fingerprint density at radius 2 is 2.05 bits per heavy atom. The molecular weight excluding hydrogens is 348 g/mol. The molecule has 5 heteroatoms. The van der Waals surface area contributed by atoms with E-state index in [9.17, 15) is 4.79 Å². The smallest absolute Gasteiger partial charge is 0.230 e. The molecular formula is C16H17BrN2OS. The summed E-state index contributed by atoms with van der Waals surface area (Å²) in [4.78, 5) is 16.2. The van der Waals surface area contributed by atoms with E-state index in [2.05, 4.69) is 26.2 Å². The minimum atomic E-state index is -0.0106. The van der Waals surface area contributed by atoms with Gasteiger partial charge >= 0.3 is 0 Å². The van der Waals surface area contributed by atoms with Gasteiger partial charge in [0, 0.05) is 16.4 Å². The molecule has 1 unspecified atom stereocenters. The first-order chi connectivity index (χ1) is 10.2. The van der Waals surface area contributed by atoms with Gasteiger partial charge in [-0.05, 0) is 30.7 Å². The molecule has 1 N–H and O–H groups in total. The van der Waals surface area contributed by atoms with E-state index < -0.39 is 0 Å². The van der Waals surface area contributed by atoms with Crippen molar-refractivity contribution >= 4 is 33.6 Å². The third-order valence-corrected chi connectivity index (χ3v) is 4.65. The molecule has 3 nitrogen and oxygen atoms in total. The Morgan fingerprint density at radius 3 is 2.76 bits per heavy atom. The summed E-state index contributed by atoms with van der Waals surface area (Å²) in [5.41, 5.74) is 2.08. The molecule has 0 aliphatic carbocycles. The number of benzene rings is 1. The van der Waals surface area contributed by atoms with Crippen LogP contribution in [0.4, 0.5) is 0 Å². The van der Waals surface area contributed by atoms with Crippen molar-refractivity contribution in [2.75, 3.05) is 5.75 Å². The normalized spacial score (nSPS) is 11.9.